The van der Waals surface area contributed by atoms with Gasteiger partial charge < -0.3 is 5.32 Å². The van der Waals surface area contributed by atoms with E-state index in [9.17, 15) is 4.39 Å². The molecule has 2 nitrogen and oxygen atoms in total. The van der Waals surface area contributed by atoms with Crippen LogP contribution in [0.25, 0.3) is 0 Å². The van der Waals surface area contributed by atoms with Gasteiger partial charge in [-0.15, -0.1) is 0 Å². The average molecular weight is 327 g/mol. The molecule has 0 saturated heterocycles. The van der Waals surface area contributed by atoms with Crippen molar-refractivity contribution >= 4 is 23.2 Å². The molecule has 21 heavy (non-hydrogen) atoms. The Hall–Kier alpha value is -1.16. The van der Waals surface area contributed by atoms with Crippen LogP contribution in [-0.2, 0) is 6.42 Å². The van der Waals surface area contributed by atoms with E-state index < -0.39 is 0 Å². The van der Waals surface area contributed by atoms with E-state index in [4.69, 9.17) is 23.2 Å². The van der Waals surface area contributed by atoms with Crippen molar-refractivity contribution in [2.75, 3.05) is 6.54 Å². The highest BCUT2D eigenvalue weighted by Gasteiger charge is 2.18. The summed E-state index contributed by atoms with van der Waals surface area (Å²) in [6.07, 6.45) is 3.08. The van der Waals surface area contributed by atoms with Crippen molar-refractivity contribution in [3.63, 3.8) is 0 Å². The molecule has 0 fully saturated rings. The van der Waals surface area contributed by atoms with Crippen molar-refractivity contribution < 1.29 is 4.39 Å². The molecule has 2 aromatic rings. The standard InChI is InChI=1S/C16H17Cl2FN2/c1-2-8-20-14(16-13(19)7-4-9-21-16)10-11-5-3-6-12(17)15(11)18/h3-7,9,14,20H,2,8,10H2,1H3. The van der Waals surface area contributed by atoms with Gasteiger partial charge in [-0.25, -0.2) is 4.39 Å². The fraction of sp³-hybridized carbons (Fsp3) is 0.312. The second kappa shape index (κ2) is 7.74. The number of hydrogen-bond acceptors (Lipinski definition) is 2. The number of nitrogens with one attached hydrogen (secondary N) is 1. The monoisotopic (exact) mass is 326 g/mol. The molecular formula is C16H17Cl2FN2. The molecule has 0 spiro atoms. The van der Waals surface area contributed by atoms with Crippen LogP contribution >= 0.6 is 23.2 Å². The third-order valence-electron chi connectivity index (χ3n) is 3.21. The molecule has 0 radical (unpaired) electrons. The Balaban J connectivity index is 2.28. The molecule has 0 bridgehead atoms. The normalized spacial score (nSPS) is 12.4. The fourth-order valence-corrected chi connectivity index (χ4v) is 2.56. The van der Waals surface area contributed by atoms with E-state index in [0.29, 0.717) is 22.2 Å². The molecule has 1 unspecified atom stereocenters. The Morgan fingerprint density at radius 2 is 2.05 bits per heavy atom. The summed E-state index contributed by atoms with van der Waals surface area (Å²) in [5, 5.41) is 4.33. The summed E-state index contributed by atoms with van der Waals surface area (Å²) in [5.41, 5.74) is 1.28. The lowest BCUT2D eigenvalue weighted by Crippen LogP contribution is -2.26. The Morgan fingerprint density at radius 1 is 1.24 bits per heavy atom. The Bertz CT molecular complexity index is 605. The zero-order chi connectivity index (χ0) is 15.2. The second-order valence-electron chi connectivity index (χ2n) is 4.79. The van der Waals surface area contributed by atoms with Crippen molar-refractivity contribution in [2.24, 2.45) is 0 Å². The van der Waals surface area contributed by atoms with E-state index in [1.807, 2.05) is 12.1 Å². The molecule has 0 aliphatic heterocycles. The topological polar surface area (TPSA) is 24.9 Å². The third kappa shape index (κ3) is 4.16. The average Bonchev–Trinajstić information content (AvgIpc) is 2.48. The van der Waals surface area contributed by atoms with Crippen LogP contribution < -0.4 is 5.32 Å². The third-order valence-corrected chi connectivity index (χ3v) is 4.07. The van der Waals surface area contributed by atoms with Crippen molar-refractivity contribution in [2.45, 2.75) is 25.8 Å². The van der Waals surface area contributed by atoms with Gasteiger partial charge in [0.25, 0.3) is 0 Å². The van der Waals surface area contributed by atoms with Crippen LogP contribution in [0, 0.1) is 5.82 Å². The number of hydrogen-bond donors (Lipinski definition) is 1. The maximum absolute atomic E-state index is 14.0. The smallest absolute Gasteiger partial charge is 0.146 e. The quantitative estimate of drug-likeness (QED) is 0.823. The van der Waals surface area contributed by atoms with Gasteiger partial charge in [-0.1, -0.05) is 42.3 Å². The molecule has 1 aromatic carbocycles. The van der Waals surface area contributed by atoms with Crippen LogP contribution in [-0.4, -0.2) is 11.5 Å². The number of nitrogens with zero attached hydrogens (tertiary/aromatic N) is 1. The first kappa shape index (κ1) is 16.2. The van der Waals surface area contributed by atoms with Crippen LogP contribution in [0.2, 0.25) is 10.0 Å². The lowest BCUT2D eigenvalue weighted by molar-refractivity contribution is 0.483. The van der Waals surface area contributed by atoms with Gasteiger partial charge in [0.2, 0.25) is 0 Å². The lowest BCUT2D eigenvalue weighted by Gasteiger charge is -2.19. The minimum absolute atomic E-state index is 0.234. The first-order chi connectivity index (χ1) is 10.1. The summed E-state index contributed by atoms with van der Waals surface area (Å²) in [6.45, 7) is 2.84. The Kier molecular flexibility index (Phi) is 5.97. The van der Waals surface area contributed by atoms with Crippen molar-refractivity contribution in [3.05, 3.63) is 63.6 Å². The van der Waals surface area contributed by atoms with E-state index in [0.717, 1.165) is 18.5 Å². The zero-order valence-corrected chi connectivity index (χ0v) is 13.3. The zero-order valence-electron chi connectivity index (χ0n) is 11.7. The maximum Gasteiger partial charge on any atom is 0.146 e. The van der Waals surface area contributed by atoms with E-state index in [-0.39, 0.29) is 11.9 Å². The second-order valence-corrected chi connectivity index (χ2v) is 5.58. The molecule has 1 aromatic heterocycles. The minimum atomic E-state index is -0.316. The van der Waals surface area contributed by atoms with Crippen LogP contribution in [0.1, 0.15) is 30.6 Å². The summed E-state index contributed by atoms with van der Waals surface area (Å²) >= 11 is 12.3. The molecule has 0 saturated carbocycles. The van der Waals surface area contributed by atoms with E-state index in [1.165, 1.54) is 6.07 Å². The van der Waals surface area contributed by atoms with Crippen LogP contribution in [0.4, 0.5) is 4.39 Å². The van der Waals surface area contributed by atoms with Gasteiger partial charge in [0.15, 0.2) is 0 Å². The number of benzene rings is 1. The SMILES string of the molecule is CCCNC(Cc1cccc(Cl)c1Cl)c1ncccc1F. The van der Waals surface area contributed by atoms with E-state index in [1.54, 1.807) is 18.3 Å². The molecule has 0 aliphatic carbocycles. The fourth-order valence-electron chi connectivity index (χ4n) is 2.16. The predicted molar refractivity (Wildman–Crippen MR) is 85.4 cm³/mol. The summed E-state index contributed by atoms with van der Waals surface area (Å²) in [6, 6.07) is 8.25. The Morgan fingerprint density at radius 3 is 2.76 bits per heavy atom. The largest absolute Gasteiger partial charge is 0.308 e. The lowest BCUT2D eigenvalue weighted by atomic mass is 10.0. The van der Waals surface area contributed by atoms with E-state index in [2.05, 4.69) is 17.2 Å². The Labute approximate surface area is 134 Å². The highest BCUT2D eigenvalue weighted by molar-refractivity contribution is 6.42. The van der Waals surface area contributed by atoms with Gasteiger partial charge in [0, 0.05) is 6.20 Å². The first-order valence-corrected chi connectivity index (χ1v) is 7.65. The predicted octanol–water partition coefficient (Wildman–Crippen LogP) is 4.81. The van der Waals surface area contributed by atoms with E-state index >= 15 is 0 Å². The number of aromatic nitrogens is 1. The molecule has 5 heteroatoms. The number of pyridine rings is 1. The van der Waals surface area contributed by atoms with Gasteiger partial charge in [-0.3, -0.25) is 4.98 Å². The first-order valence-electron chi connectivity index (χ1n) is 6.90. The maximum atomic E-state index is 14.0. The number of halogens is 3. The molecule has 1 atom stereocenters. The molecule has 0 aliphatic rings. The van der Waals surface area contributed by atoms with Crippen LogP contribution in [0.15, 0.2) is 36.5 Å². The molecule has 1 heterocycles. The molecule has 1 N–H and O–H groups in total. The molecule has 0 amide bonds. The van der Waals surface area contributed by atoms with Gasteiger partial charge in [0.1, 0.15) is 5.82 Å². The highest BCUT2D eigenvalue weighted by atomic mass is 35.5. The minimum Gasteiger partial charge on any atom is -0.308 e. The number of rotatable bonds is 6. The summed E-state index contributed by atoms with van der Waals surface area (Å²) in [5.74, 6) is -0.316. The molecular weight excluding hydrogens is 310 g/mol. The molecule has 2 rings (SSSR count). The molecule has 112 valence electrons. The van der Waals surface area contributed by atoms with Crippen LogP contribution in [0.5, 0.6) is 0 Å². The summed E-state index contributed by atoms with van der Waals surface area (Å²) in [7, 11) is 0. The van der Waals surface area contributed by atoms with Crippen molar-refractivity contribution in [1.29, 1.82) is 0 Å². The van der Waals surface area contributed by atoms with Crippen molar-refractivity contribution in [1.82, 2.24) is 10.3 Å². The summed E-state index contributed by atoms with van der Waals surface area (Å²) < 4.78 is 14.0. The van der Waals surface area contributed by atoms with Gasteiger partial charge in [0.05, 0.1) is 21.8 Å². The summed E-state index contributed by atoms with van der Waals surface area (Å²) in [4.78, 5) is 4.17. The van der Waals surface area contributed by atoms with Gasteiger partial charge in [-0.05, 0) is 43.1 Å². The highest BCUT2D eigenvalue weighted by Crippen LogP contribution is 2.29. The van der Waals surface area contributed by atoms with Crippen LogP contribution in [0.3, 0.4) is 0 Å². The van der Waals surface area contributed by atoms with Crippen molar-refractivity contribution in [3.8, 4) is 0 Å². The van der Waals surface area contributed by atoms with Gasteiger partial charge >= 0.3 is 0 Å². The van der Waals surface area contributed by atoms with Gasteiger partial charge in [-0.2, -0.15) is 0 Å².